The molecule has 2 aromatic rings. The highest BCUT2D eigenvalue weighted by Crippen LogP contribution is 2.20. The topological polar surface area (TPSA) is 68.0 Å². The summed E-state index contributed by atoms with van der Waals surface area (Å²) in [7, 11) is 0. The van der Waals surface area contributed by atoms with Crippen molar-refractivity contribution in [1.29, 1.82) is 0 Å². The molecule has 1 N–H and O–H groups in total. The number of fused-ring (bicyclic) bond motifs is 1. The maximum Gasteiger partial charge on any atom is 0.199 e. The number of hydrogen-bond donors (Lipinski definition) is 1. The molecule has 1 aliphatic rings. The van der Waals surface area contributed by atoms with Crippen molar-refractivity contribution in [1.82, 2.24) is 25.0 Å². The van der Waals surface area contributed by atoms with Crippen molar-refractivity contribution >= 4 is 23.2 Å². The minimum absolute atomic E-state index is 0.512. The molecule has 0 aromatic carbocycles. The van der Waals surface area contributed by atoms with Gasteiger partial charge in [0.2, 0.25) is 0 Å². The molecule has 0 atom stereocenters. The van der Waals surface area contributed by atoms with Gasteiger partial charge in [0, 0.05) is 6.04 Å². The summed E-state index contributed by atoms with van der Waals surface area (Å²) < 4.78 is 1.69. The van der Waals surface area contributed by atoms with Gasteiger partial charge in [-0.25, -0.2) is 0 Å². The van der Waals surface area contributed by atoms with E-state index < -0.39 is 0 Å². The van der Waals surface area contributed by atoms with E-state index in [0.29, 0.717) is 11.7 Å². The largest absolute Gasteiger partial charge is 0.366 e. The van der Waals surface area contributed by atoms with Gasteiger partial charge < -0.3 is 5.32 Å². The second kappa shape index (κ2) is 4.25. The van der Waals surface area contributed by atoms with Gasteiger partial charge in [0.25, 0.3) is 0 Å². The van der Waals surface area contributed by atoms with Crippen molar-refractivity contribution in [2.75, 3.05) is 16.8 Å². The first-order chi connectivity index (χ1) is 7.93. The fourth-order valence-corrected chi connectivity index (χ4v) is 2.93. The van der Waals surface area contributed by atoms with E-state index in [9.17, 15) is 0 Å². The second-order valence-electron chi connectivity index (χ2n) is 3.77. The first-order valence-electron chi connectivity index (χ1n) is 5.30. The molecule has 0 spiro atoms. The zero-order chi connectivity index (χ0) is 10.8. The van der Waals surface area contributed by atoms with Crippen LogP contribution in [-0.4, -0.2) is 42.6 Å². The van der Waals surface area contributed by atoms with Crippen LogP contribution < -0.4 is 5.32 Å². The van der Waals surface area contributed by atoms with E-state index in [1.807, 2.05) is 11.8 Å². The summed E-state index contributed by atoms with van der Waals surface area (Å²) in [6.45, 7) is 0. The molecular weight excluding hydrogens is 224 g/mol. The van der Waals surface area contributed by atoms with Gasteiger partial charge in [-0.05, 0) is 34.8 Å². The molecule has 1 fully saturated rings. The molecule has 0 bridgehead atoms. The van der Waals surface area contributed by atoms with Gasteiger partial charge in [0.15, 0.2) is 11.5 Å². The highest BCUT2D eigenvalue weighted by Gasteiger charge is 2.15. The summed E-state index contributed by atoms with van der Waals surface area (Å²) in [6, 6.07) is 0.512. The Morgan fingerprint density at radius 1 is 1.31 bits per heavy atom. The fraction of sp³-hybridized carbons (Fsp3) is 0.556. The molecule has 16 heavy (non-hydrogen) atoms. The zero-order valence-electron chi connectivity index (χ0n) is 8.70. The molecule has 7 heteroatoms. The second-order valence-corrected chi connectivity index (χ2v) is 5.00. The highest BCUT2D eigenvalue weighted by molar-refractivity contribution is 7.99. The third kappa shape index (κ3) is 1.82. The normalized spacial score (nSPS) is 17.8. The SMILES string of the molecule is c1ncc2nnnn2c1NC1CCSCC1. The number of aromatic nitrogens is 5. The van der Waals surface area contributed by atoms with Gasteiger partial charge in [0.05, 0.1) is 12.4 Å². The monoisotopic (exact) mass is 236 g/mol. The number of anilines is 1. The molecule has 1 aliphatic heterocycles. The molecule has 1 saturated heterocycles. The summed E-state index contributed by atoms with van der Waals surface area (Å²) in [5.41, 5.74) is 0.676. The number of hydrogen-bond acceptors (Lipinski definition) is 6. The van der Waals surface area contributed by atoms with Crippen LogP contribution in [0.25, 0.3) is 5.65 Å². The molecule has 3 rings (SSSR count). The maximum absolute atomic E-state index is 4.12. The molecular formula is C9H12N6S. The Kier molecular flexibility index (Phi) is 2.61. The van der Waals surface area contributed by atoms with Crippen LogP contribution in [0.4, 0.5) is 5.82 Å². The van der Waals surface area contributed by atoms with Gasteiger partial charge in [-0.1, -0.05) is 0 Å². The van der Waals surface area contributed by atoms with E-state index in [1.165, 1.54) is 24.3 Å². The zero-order valence-corrected chi connectivity index (χ0v) is 9.52. The molecule has 0 aliphatic carbocycles. The van der Waals surface area contributed by atoms with E-state index in [2.05, 4.69) is 25.8 Å². The van der Waals surface area contributed by atoms with Crippen molar-refractivity contribution in [3.8, 4) is 0 Å². The van der Waals surface area contributed by atoms with E-state index >= 15 is 0 Å². The van der Waals surface area contributed by atoms with Crippen molar-refractivity contribution in [2.45, 2.75) is 18.9 Å². The minimum atomic E-state index is 0.512. The van der Waals surface area contributed by atoms with E-state index in [-0.39, 0.29) is 0 Å². The predicted molar refractivity (Wildman–Crippen MR) is 62.5 cm³/mol. The maximum atomic E-state index is 4.12. The first kappa shape index (κ1) is 9.83. The van der Waals surface area contributed by atoms with Gasteiger partial charge in [-0.15, -0.1) is 5.10 Å². The van der Waals surface area contributed by atoms with Gasteiger partial charge in [-0.3, -0.25) is 4.98 Å². The third-order valence-corrected chi connectivity index (χ3v) is 3.73. The number of rotatable bonds is 2. The Bertz CT molecular complexity index is 478. The van der Waals surface area contributed by atoms with Crippen LogP contribution in [0.2, 0.25) is 0 Å². The standard InChI is InChI=1S/C9H12N6S/c1-3-16-4-2-7(1)11-8-5-10-6-9-12-13-14-15(8)9/h5-7,11H,1-4H2. The number of nitrogens with zero attached hydrogens (tertiary/aromatic N) is 5. The van der Waals surface area contributed by atoms with Crippen molar-refractivity contribution in [3.05, 3.63) is 12.4 Å². The average Bonchev–Trinajstić information content (AvgIpc) is 2.80. The summed E-state index contributed by atoms with van der Waals surface area (Å²) in [4.78, 5) is 4.12. The number of nitrogens with one attached hydrogen (secondary N) is 1. The molecule has 0 saturated carbocycles. The van der Waals surface area contributed by atoms with Gasteiger partial charge in [-0.2, -0.15) is 16.3 Å². The molecule has 6 nitrogen and oxygen atoms in total. The van der Waals surface area contributed by atoms with E-state index in [1.54, 1.807) is 16.9 Å². The molecule has 84 valence electrons. The van der Waals surface area contributed by atoms with Crippen LogP contribution in [0.5, 0.6) is 0 Å². The first-order valence-corrected chi connectivity index (χ1v) is 6.45. The lowest BCUT2D eigenvalue weighted by atomic mass is 10.1. The van der Waals surface area contributed by atoms with Crippen LogP contribution in [-0.2, 0) is 0 Å². The summed E-state index contributed by atoms with van der Waals surface area (Å²) in [6.07, 6.45) is 5.79. The molecule has 0 radical (unpaired) electrons. The van der Waals surface area contributed by atoms with E-state index in [4.69, 9.17) is 0 Å². The van der Waals surface area contributed by atoms with E-state index in [0.717, 1.165) is 5.82 Å². The number of thioether (sulfide) groups is 1. The smallest absolute Gasteiger partial charge is 0.199 e. The lowest BCUT2D eigenvalue weighted by Crippen LogP contribution is -2.25. The van der Waals surface area contributed by atoms with Gasteiger partial charge in [0.1, 0.15) is 0 Å². The van der Waals surface area contributed by atoms with Crippen molar-refractivity contribution < 1.29 is 0 Å². The predicted octanol–water partition coefficient (Wildman–Crippen LogP) is 0.827. The molecule has 2 aromatic heterocycles. The van der Waals surface area contributed by atoms with Gasteiger partial charge >= 0.3 is 0 Å². The summed E-state index contributed by atoms with van der Waals surface area (Å²) >= 11 is 2.01. The lowest BCUT2D eigenvalue weighted by molar-refractivity contribution is 0.657. The van der Waals surface area contributed by atoms with Crippen LogP contribution >= 0.6 is 11.8 Å². The highest BCUT2D eigenvalue weighted by atomic mass is 32.2. The average molecular weight is 236 g/mol. The Hall–Kier alpha value is -1.37. The minimum Gasteiger partial charge on any atom is -0.366 e. The Balaban J connectivity index is 1.85. The number of tetrazole rings is 1. The van der Waals surface area contributed by atoms with Crippen LogP contribution in [0.3, 0.4) is 0 Å². The Morgan fingerprint density at radius 2 is 2.19 bits per heavy atom. The molecule has 3 heterocycles. The van der Waals surface area contributed by atoms with Crippen LogP contribution in [0, 0.1) is 0 Å². The molecule has 0 unspecified atom stereocenters. The van der Waals surface area contributed by atoms with Crippen molar-refractivity contribution in [2.24, 2.45) is 0 Å². The summed E-state index contributed by atoms with van der Waals surface area (Å²) in [5, 5.41) is 14.9. The summed E-state index contributed by atoms with van der Waals surface area (Å²) in [5.74, 6) is 3.31. The third-order valence-electron chi connectivity index (χ3n) is 2.68. The fourth-order valence-electron chi connectivity index (χ4n) is 1.82. The lowest BCUT2D eigenvalue weighted by Gasteiger charge is -2.23. The van der Waals surface area contributed by atoms with Crippen LogP contribution in [0.15, 0.2) is 12.4 Å². The Morgan fingerprint density at radius 3 is 3.06 bits per heavy atom. The quantitative estimate of drug-likeness (QED) is 0.833. The Labute approximate surface area is 96.8 Å². The molecule has 0 amide bonds. The van der Waals surface area contributed by atoms with Crippen molar-refractivity contribution in [3.63, 3.8) is 0 Å². The van der Waals surface area contributed by atoms with Crippen LogP contribution in [0.1, 0.15) is 12.8 Å².